The summed E-state index contributed by atoms with van der Waals surface area (Å²) < 4.78 is 16.4. The molecule has 1 aliphatic rings. The van der Waals surface area contributed by atoms with Crippen molar-refractivity contribution < 1.29 is 23.8 Å². The van der Waals surface area contributed by atoms with Gasteiger partial charge < -0.3 is 19.5 Å². The van der Waals surface area contributed by atoms with Crippen molar-refractivity contribution >= 4 is 27.5 Å². The van der Waals surface area contributed by atoms with Gasteiger partial charge in [-0.05, 0) is 28.4 Å². The number of methoxy groups -OCH3 is 3. The summed E-state index contributed by atoms with van der Waals surface area (Å²) in [7, 11) is 4.67. The van der Waals surface area contributed by atoms with Crippen LogP contribution in [-0.2, 0) is 6.42 Å². The zero-order chi connectivity index (χ0) is 20.3. The first kappa shape index (κ1) is 19.9. The molecule has 0 aromatic heterocycles. The van der Waals surface area contributed by atoms with E-state index in [1.807, 2.05) is 6.07 Å². The summed E-state index contributed by atoms with van der Waals surface area (Å²) in [5.74, 6) is 1.25. The molecule has 0 amide bonds. The highest BCUT2D eigenvalue weighted by molar-refractivity contribution is 9.12. The standard InChI is InChI=1S/C21H20BrNO5/c1-26-15-9-8-12(20(27-2)21(15)28-3)10-11-23-17-16(22)18(24)13-6-4-5-7-14(13)19(17)25/h4-9,23H,10-11H2,1-3H3. The van der Waals surface area contributed by atoms with Crippen molar-refractivity contribution in [3.8, 4) is 17.2 Å². The van der Waals surface area contributed by atoms with E-state index < -0.39 is 0 Å². The fourth-order valence-corrected chi connectivity index (χ4v) is 3.72. The Morgan fingerprint density at radius 3 is 2.11 bits per heavy atom. The first-order chi connectivity index (χ1) is 13.5. The maximum Gasteiger partial charge on any atom is 0.210 e. The summed E-state index contributed by atoms with van der Waals surface area (Å²) in [6.45, 7) is 0.428. The Kier molecular flexibility index (Phi) is 6.04. The molecule has 0 saturated heterocycles. The minimum Gasteiger partial charge on any atom is -0.493 e. The normalized spacial score (nSPS) is 13.3. The number of halogens is 1. The molecule has 1 N–H and O–H groups in total. The highest BCUT2D eigenvalue weighted by atomic mass is 79.9. The predicted octanol–water partition coefficient (Wildman–Crippen LogP) is 3.53. The highest BCUT2D eigenvalue weighted by Gasteiger charge is 2.30. The van der Waals surface area contributed by atoms with E-state index in [-0.39, 0.29) is 21.7 Å². The van der Waals surface area contributed by atoms with Crippen molar-refractivity contribution in [3.63, 3.8) is 0 Å². The average Bonchev–Trinajstić information content (AvgIpc) is 2.73. The molecule has 6 nitrogen and oxygen atoms in total. The molecule has 2 aromatic rings. The number of Topliss-reactive ketones (excluding diaryl/α,β-unsaturated/α-hetero) is 2. The number of rotatable bonds is 7. The topological polar surface area (TPSA) is 73.9 Å². The lowest BCUT2D eigenvalue weighted by molar-refractivity contribution is 0.0976. The summed E-state index contributed by atoms with van der Waals surface area (Å²) in [6.07, 6.45) is 0.552. The number of hydrogen-bond donors (Lipinski definition) is 1. The van der Waals surface area contributed by atoms with Crippen LogP contribution in [0.1, 0.15) is 26.3 Å². The molecule has 146 valence electrons. The van der Waals surface area contributed by atoms with Crippen LogP contribution in [0.2, 0.25) is 0 Å². The van der Waals surface area contributed by atoms with Gasteiger partial charge in [-0.2, -0.15) is 0 Å². The number of benzene rings is 2. The summed E-state index contributed by atoms with van der Waals surface area (Å²) in [5.41, 5.74) is 1.97. The number of nitrogens with one attached hydrogen (secondary N) is 1. The van der Waals surface area contributed by atoms with Gasteiger partial charge in [0.15, 0.2) is 11.5 Å². The fraction of sp³-hybridized carbons (Fsp3) is 0.238. The van der Waals surface area contributed by atoms with Gasteiger partial charge in [0.25, 0.3) is 0 Å². The largest absolute Gasteiger partial charge is 0.493 e. The zero-order valence-corrected chi connectivity index (χ0v) is 17.4. The number of ketones is 2. The van der Waals surface area contributed by atoms with Crippen LogP contribution >= 0.6 is 15.9 Å². The zero-order valence-electron chi connectivity index (χ0n) is 15.8. The van der Waals surface area contributed by atoms with E-state index in [1.165, 1.54) is 0 Å². The lowest BCUT2D eigenvalue weighted by Gasteiger charge is -2.20. The molecule has 0 radical (unpaired) electrons. The van der Waals surface area contributed by atoms with Gasteiger partial charge in [-0.15, -0.1) is 0 Å². The number of hydrogen-bond acceptors (Lipinski definition) is 6. The molecule has 1 aliphatic carbocycles. The molecule has 2 aromatic carbocycles. The highest BCUT2D eigenvalue weighted by Crippen LogP contribution is 2.39. The Balaban J connectivity index is 1.80. The molecular formula is C21H20BrNO5. The Morgan fingerprint density at radius 2 is 1.50 bits per heavy atom. The van der Waals surface area contributed by atoms with Gasteiger partial charge in [0.05, 0.1) is 25.8 Å². The van der Waals surface area contributed by atoms with Gasteiger partial charge in [0, 0.05) is 23.2 Å². The van der Waals surface area contributed by atoms with E-state index in [4.69, 9.17) is 14.2 Å². The van der Waals surface area contributed by atoms with Gasteiger partial charge in [0.1, 0.15) is 5.70 Å². The van der Waals surface area contributed by atoms with Gasteiger partial charge in [-0.1, -0.05) is 30.3 Å². The lowest BCUT2D eigenvalue weighted by atomic mass is 9.92. The summed E-state index contributed by atoms with van der Waals surface area (Å²) in [5, 5.41) is 3.09. The number of carbonyl (C=O) groups is 2. The molecule has 7 heteroatoms. The van der Waals surface area contributed by atoms with Crippen LogP contribution in [0.25, 0.3) is 0 Å². The molecular weight excluding hydrogens is 426 g/mol. The predicted molar refractivity (Wildman–Crippen MR) is 109 cm³/mol. The second-order valence-corrected chi connectivity index (χ2v) is 6.86. The van der Waals surface area contributed by atoms with E-state index in [2.05, 4.69) is 21.2 Å². The smallest absolute Gasteiger partial charge is 0.210 e. The minimum atomic E-state index is -0.207. The van der Waals surface area contributed by atoms with Crippen LogP contribution < -0.4 is 19.5 Å². The Bertz CT molecular complexity index is 967. The third-order valence-electron chi connectivity index (χ3n) is 4.54. The van der Waals surface area contributed by atoms with Crippen LogP contribution in [0, 0.1) is 0 Å². The summed E-state index contributed by atoms with van der Waals surface area (Å²) in [4.78, 5) is 25.3. The summed E-state index contributed by atoms with van der Waals surface area (Å²) in [6, 6.07) is 10.5. The maximum atomic E-state index is 12.8. The molecule has 0 unspecified atom stereocenters. The monoisotopic (exact) mass is 445 g/mol. The van der Waals surface area contributed by atoms with Crippen LogP contribution in [0.5, 0.6) is 17.2 Å². The molecule has 0 bridgehead atoms. The van der Waals surface area contributed by atoms with Crippen molar-refractivity contribution in [1.29, 1.82) is 0 Å². The summed E-state index contributed by atoms with van der Waals surface area (Å²) >= 11 is 3.27. The van der Waals surface area contributed by atoms with Gasteiger partial charge in [-0.25, -0.2) is 0 Å². The molecule has 0 aliphatic heterocycles. The quantitative estimate of drug-likeness (QED) is 0.702. The third-order valence-corrected chi connectivity index (χ3v) is 5.30. The number of fused-ring (bicyclic) bond motifs is 1. The third kappa shape index (κ3) is 3.49. The van der Waals surface area contributed by atoms with Gasteiger partial charge in [0.2, 0.25) is 17.3 Å². The molecule has 28 heavy (non-hydrogen) atoms. The van der Waals surface area contributed by atoms with Crippen LogP contribution in [0.15, 0.2) is 46.6 Å². The maximum absolute atomic E-state index is 12.8. The second-order valence-electron chi connectivity index (χ2n) is 6.06. The SMILES string of the molecule is COc1ccc(CCNC2=C(Br)C(=O)c3ccccc3C2=O)c(OC)c1OC. The first-order valence-corrected chi connectivity index (χ1v) is 9.42. The average molecular weight is 446 g/mol. The van der Waals surface area contributed by atoms with E-state index >= 15 is 0 Å². The Hall–Kier alpha value is -2.80. The van der Waals surface area contributed by atoms with E-state index in [9.17, 15) is 9.59 Å². The van der Waals surface area contributed by atoms with Crippen molar-refractivity contribution in [2.75, 3.05) is 27.9 Å². The van der Waals surface area contributed by atoms with Crippen molar-refractivity contribution in [1.82, 2.24) is 5.32 Å². The molecule has 0 atom stereocenters. The minimum absolute atomic E-state index is 0.207. The van der Waals surface area contributed by atoms with Gasteiger partial charge in [-0.3, -0.25) is 9.59 Å². The number of carbonyl (C=O) groups excluding carboxylic acids is 2. The Morgan fingerprint density at radius 1 is 0.857 bits per heavy atom. The van der Waals surface area contributed by atoms with E-state index in [0.717, 1.165) is 5.56 Å². The Labute approximate surface area is 171 Å². The van der Waals surface area contributed by atoms with Crippen molar-refractivity contribution in [2.24, 2.45) is 0 Å². The lowest BCUT2D eigenvalue weighted by Crippen LogP contribution is -2.30. The fourth-order valence-electron chi connectivity index (χ4n) is 3.19. The van der Waals surface area contributed by atoms with Crippen molar-refractivity contribution in [2.45, 2.75) is 6.42 Å². The molecule has 0 heterocycles. The van der Waals surface area contributed by atoms with Crippen molar-refractivity contribution in [3.05, 3.63) is 63.3 Å². The van der Waals surface area contributed by atoms with Gasteiger partial charge >= 0.3 is 0 Å². The van der Waals surface area contributed by atoms with E-state index in [1.54, 1.807) is 51.7 Å². The van der Waals surface area contributed by atoms with Crippen LogP contribution in [0.3, 0.4) is 0 Å². The second kappa shape index (κ2) is 8.48. The van der Waals surface area contributed by atoms with Crippen LogP contribution in [-0.4, -0.2) is 39.4 Å². The molecule has 0 fully saturated rings. The molecule has 3 rings (SSSR count). The molecule has 0 saturated carbocycles. The van der Waals surface area contributed by atoms with Crippen LogP contribution in [0.4, 0.5) is 0 Å². The number of allylic oxidation sites excluding steroid dienone is 2. The van der Waals surface area contributed by atoms with E-state index in [0.29, 0.717) is 41.3 Å². The first-order valence-electron chi connectivity index (χ1n) is 8.63. The number of ether oxygens (including phenoxy) is 3. The molecule has 0 spiro atoms.